The Morgan fingerprint density at radius 2 is 0.770 bits per heavy atom. The van der Waals surface area contributed by atoms with Crippen LogP contribution in [0.2, 0.25) is 0 Å². The van der Waals surface area contributed by atoms with E-state index in [0.717, 1.165) is 93.6 Å². The minimum Gasteiger partial charge on any atom is -0.480 e. The van der Waals surface area contributed by atoms with Gasteiger partial charge in [0.2, 0.25) is 17.6 Å². The summed E-state index contributed by atoms with van der Waals surface area (Å²) >= 11 is 0. The van der Waals surface area contributed by atoms with E-state index in [0.29, 0.717) is 80.3 Å². The number of carboxylic acids is 1. The van der Waals surface area contributed by atoms with Gasteiger partial charge in [0.1, 0.15) is 47.4 Å². The molecule has 3 saturated carbocycles. The van der Waals surface area contributed by atoms with Crippen LogP contribution in [0.25, 0.3) is 32.7 Å². The minimum absolute atomic E-state index is 0. The Kier molecular flexibility index (Phi) is 26.2. The molecule has 12 aromatic rings. The fourth-order valence-electron chi connectivity index (χ4n) is 16.3. The molecular weight excluding hydrogens is 1580 g/mol. The molecule has 31 nitrogen and oxygen atoms in total. The number of aliphatic carboxylic acids is 1. The molecule has 3 aliphatic carbocycles. The number of aliphatic hydroxyl groups excluding tert-OH is 2. The lowest BCUT2D eigenvalue weighted by Crippen LogP contribution is -2.55. The maximum atomic E-state index is 13.7. The number of carboxylic acid groups (broad SMARTS) is 1. The molecule has 8 atom stereocenters. The van der Waals surface area contributed by atoms with Gasteiger partial charge in [0.25, 0.3) is 35.4 Å². The number of Topliss-reactive ketones (excluding diaryl/α,β-unsaturated/α-hetero) is 1. The topological polar surface area (TPSA) is 461 Å². The normalized spacial score (nSPS) is 18.3. The standard InChI is InChI=1S/C30H32N6O4.C30H30N6O4.C16H16N2O3.C14H18N4O2.ClH/c2*37-26(28(39)31-17-19-6-2-1-3-7-19)23(15-21-10-13-32-35-21)34-27(38)25-16-30(11-12-30)18-36(25)29(40)24-14-20-8-4-5-9-22(20)33-24;19-14(12-7-10-3-1-2-4-11(10)17-12)18-9-16(5-6-16)8-13(18)15(20)21;15-12(8-11-6-7-17-18-11)13(19)14(20)16-9-10-4-2-1-3-5-10;/h1-10,13-14,23,25-26,33,37H,11-12,15-18H2,(H,31,39)(H,32,35)(H,34,38);1-10,13-14,23,25,33H,11-12,15-18H2,(H,31,39)(H,32,35)(H,34,38);1-4,7,13,17H,5-6,8-9H2,(H,20,21);1-7,12-13,19H,8-9,15H2,(H,16,20)(H,17,18);1H/t23-,25-,26?;23-,25-;13-;12-,13?;/m0000./s1. The zero-order valence-corrected chi connectivity index (χ0v) is 67.5. The Labute approximate surface area is 706 Å². The third kappa shape index (κ3) is 20.6. The van der Waals surface area contributed by atoms with Gasteiger partial charge in [-0.05, 0) is 145 Å². The van der Waals surface area contributed by atoms with Gasteiger partial charge in [0, 0.05) is 133 Å². The van der Waals surface area contributed by atoms with Crippen LogP contribution in [0.3, 0.4) is 0 Å². The molecule has 8 amide bonds. The molecule has 3 saturated heterocycles. The number of benzene rings is 6. The minimum atomic E-state index is -1.51. The first-order valence-electron chi connectivity index (χ1n) is 40.6. The number of rotatable bonds is 26. The number of nitrogens with two attached hydrogens (primary N) is 1. The van der Waals surface area contributed by atoms with E-state index in [-0.39, 0.29) is 78.2 Å². The average molecular weight is 1670 g/mol. The van der Waals surface area contributed by atoms with Crippen molar-refractivity contribution in [3.05, 3.63) is 270 Å². The Morgan fingerprint density at radius 3 is 1.15 bits per heavy atom. The molecular formula is C90H97ClN18O13. The maximum Gasteiger partial charge on any atom is 0.326 e. The zero-order chi connectivity index (χ0) is 84.4. The first kappa shape index (κ1) is 85.1. The molecule has 122 heavy (non-hydrogen) atoms. The van der Waals surface area contributed by atoms with Crippen LogP contribution < -0.4 is 32.3 Å². The lowest BCUT2D eigenvalue weighted by atomic mass is 10.0. The summed E-state index contributed by atoms with van der Waals surface area (Å²) in [5.74, 6) is -5.02. The van der Waals surface area contributed by atoms with E-state index < -0.39 is 83.8 Å². The summed E-state index contributed by atoms with van der Waals surface area (Å²) in [5.41, 5.74) is 14.5. The third-order valence-corrected chi connectivity index (χ3v) is 23.8. The number of halogens is 1. The number of carbonyl (C=O) groups excluding carboxylic acids is 9. The smallest absolute Gasteiger partial charge is 0.326 e. The van der Waals surface area contributed by atoms with Crippen molar-refractivity contribution in [2.45, 2.75) is 145 Å². The van der Waals surface area contributed by atoms with Crippen LogP contribution in [0.4, 0.5) is 0 Å². The highest BCUT2D eigenvalue weighted by atomic mass is 35.5. The monoisotopic (exact) mass is 1670 g/mol. The van der Waals surface area contributed by atoms with Crippen LogP contribution >= 0.6 is 12.4 Å². The van der Waals surface area contributed by atoms with Crippen molar-refractivity contribution in [1.82, 2.24) is 86.8 Å². The van der Waals surface area contributed by atoms with E-state index in [1.807, 2.05) is 170 Å². The predicted octanol–water partition coefficient (Wildman–Crippen LogP) is 7.42. The number of amides is 8. The zero-order valence-electron chi connectivity index (χ0n) is 66.7. The van der Waals surface area contributed by atoms with Gasteiger partial charge in [0.05, 0.1) is 6.04 Å². The second-order valence-electron chi connectivity index (χ2n) is 32.6. The number of fused-ring (bicyclic) bond motifs is 3. The molecule has 16 N–H and O–H groups in total. The summed E-state index contributed by atoms with van der Waals surface area (Å²) in [6, 6.07) is 56.8. The third-order valence-electron chi connectivity index (χ3n) is 23.8. The number of hydrogen-bond donors (Lipinski definition) is 15. The van der Waals surface area contributed by atoms with Gasteiger partial charge in [-0.25, -0.2) is 4.79 Å². The highest BCUT2D eigenvalue weighted by Crippen LogP contribution is 2.57. The Balaban J connectivity index is 0.000000139. The van der Waals surface area contributed by atoms with Gasteiger partial charge in [0.15, 0.2) is 6.10 Å². The summed E-state index contributed by atoms with van der Waals surface area (Å²) in [6.07, 6.45) is 10.1. The van der Waals surface area contributed by atoms with Crippen LogP contribution in [0.15, 0.2) is 219 Å². The van der Waals surface area contributed by atoms with E-state index in [4.69, 9.17) is 5.73 Å². The highest BCUT2D eigenvalue weighted by Gasteiger charge is 2.58. The van der Waals surface area contributed by atoms with Crippen LogP contribution in [0, 0.1) is 16.2 Å². The molecule has 632 valence electrons. The molecule has 32 heteroatoms. The number of nitrogens with zero attached hydrogens (tertiary/aromatic N) is 6. The van der Waals surface area contributed by atoms with Gasteiger partial charge < -0.3 is 77.3 Å². The summed E-state index contributed by atoms with van der Waals surface area (Å²) < 4.78 is 0. The number of nitrogens with one attached hydrogen (secondary N) is 11. The maximum absolute atomic E-state index is 13.7. The first-order valence-corrected chi connectivity index (χ1v) is 40.6. The Morgan fingerprint density at radius 1 is 0.426 bits per heavy atom. The molecule has 6 fully saturated rings. The fraction of sp³-hybridized carbons (Fsp3) is 0.322. The van der Waals surface area contributed by atoms with Gasteiger partial charge in [-0.3, -0.25) is 58.4 Å². The second kappa shape index (κ2) is 37.5. The van der Waals surface area contributed by atoms with Gasteiger partial charge in [-0.15, -0.1) is 12.4 Å². The van der Waals surface area contributed by atoms with Crippen LogP contribution in [0.1, 0.15) is 123 Å². The number of ketones is 1. The first-order chi connectivity index (χ1) is 58.6. The van der Waals surface area contributed by atoms with Gasteiger partial charge in [-0.2, -0.15) is 15.3 Å². The van der Waals surface area contributed by atoms with Crippen molar-refractivity contribution in [3.63, 3.8) is 0 Å². The van der Waals surface area contributed by atoms with Crippen LogP contribution in [-0.4, -0.2) is 203 Å². The van der Waals surface area contributed by atoms with Crippen LogP contribution in [0.5, 0.6) is 0 Å². The van der Waals surface area contributed by atoms with Gasteiger partial charge >= 0.3 is 5.97 Å². The number of aliphatic hydroxyl groups is 2. The summed E-state index contributed by atoms with van der Waals surface area (Å²) in [4.78, 5) is 144. The quantitative estimate of drug-likeness (QED) is 0.0234. The van der Waals surface area contributed by atoms with Crippen molar-refractivity contribution in [2.75, 3.05) is 19.6 Å². The number of likely N-dealkylation sites (tertiary alicyclic amines) is 3. The lowest BCUT2D eigenvalue weighted by Gasteiger charge is -2.28. The molecule has 0 radical (unpaired) electrons. The number of carbonyl (C=O) groups is 10. The fourth-order valence-corrected chi connectivity index (χ4v) is 16.3. The number of para-hydroxylation sites is 3. The van der Waals surface area contributed by atoms with E-state index in [1.54, 1.807) is 58.7 Å². The number of aromatic nitrogens is 9. The predicted molar refractivity (Wildman–Crippen MR) is 454 cm³/mol. The molecule has 3 spiro atoms. The van der Waals surface area contributed by atoms with Crippen molar-refractivity contribution < 1.29 is 63.3 Å². The lowest BCUT2D eigenvalue weighted by molar-refractivity contribution is -0.141. The van der Waals surface area contributed by atoms with Gasteiger partial charge in [-0.1, -0.05) is 146 Å². The highest BCUT2D eigenvalue weighted by molar-refractivity contribution is 6.38. The molecule has 6 aliphatic rings. The van der Waals surface area contributed by atoms with E-state index in [2.05, 4.69) is 72.1 Å². The van der Waals surface area contributed by atoms with Crippen molar-refractivity contribution in [1.29, 1.82) is 0 Å². The number of H-pyrrole nitrogens is 6. The Bertz CT molecular complexity index is 5580. The van der Waals surface area contributed by atoms with Crippen molar-refractivity contribution >= 4 is 104 Å². The number of hydrogen-bond acceptors (Lipinski definition) is 16. The van der Waals surface area contributed by atoms with Crippen molar-refractivity contribution in [2.24, 2.45) is 22.0 Å². The molecule has 2 unspecified atom stereocenters. The SMILES string of the molecule is Cl.N[C@@H](Cc1ccn[nH]1)C(O)C(=O)NCc1ccccc1.O=C(NCc1ccccc1)C(=O)[C@H](Cc1ccn[nH]1)NC(=O)[C@@H]1CC2(CC2)CN1C(=O)c1cc2ccccc2[nH]1.O=C(NCc1ccccc1)C(O)[C@H](Cc1ccn[nH]1)NC(=O)[C@@H]1CC2(CC2)CN1C(=O)c1cc2ccccc2[nH]1.O=C(O)[C@@H]1CC2(CC2)CN1C(=O)c1cc2ccccc2[nH]1. The summed E-state index contributed by atoms with van der Waals surface area (Å²) in [5, 5.41) is 66.9. The van der Waals surface area contributed by atoms with E-state index in [1.165, 1.54) is 4.90 Å². The molecule has 6 aromatic carbocycles. The molecule has 9 heterocycles. The van der Waals surface area contributed by atoms with E-state index >= 15 is 0 Å². The van der Waals surface area contributed by atoms with Crippen molar-refractivity contribution in [3.8, 4) is 0 Å². The number of aromatic amines is 6. The van der Waals surface area contributed by atoms with Crippen LogP contribution in [-0.2, 0) is 72.5 Å². The molecule has 18 rings (SSSR count). The average Bonchev–Trinajstić information content (AvgIpc) is 1.60. The summed E-state index contributed by atoms with van der Waals surface area (Å²) in [6.45, 7) is 2.36. The largest absolute Gasteiger partial charge is 0.480 e. The second-order valence-corrected chi connectivity index (χ2v) is 32.6. The Hall–Kier alpha value is -13.4. The molecule has 3 aliphatic heterocycles. The molecule has 6 aromatic heterocycles. The summed E-state index contributed by atoms with van der Waals surface area (Å²) in [7, 11) is 0. The molecule has 0 bridgehead atoms. The van der Waals surface area contributed by atoms with E-state index in [9.17, 15) is 63.3 Å².